The predicted molar refractivity (Wildman–Crippen MR) is 380 cm³/mol. The molecule has 96 heavy (non-hydrogen) atoms. The van der Waals surface area contributed by atoms with Crippen LogP contribution in [0.2, 0.25) is 0 Å². The van der Waals surface area contributed by atoms with Gasteiger partial charge in [0.05, 0.1) is 82.7 Å². The zero-order chi connectivity index (χ0) is 68.2. The van der Waals surface area contributed by atoms with E-state index in [0.29, 0.717) is 119 Å². The molecule has 3 heterocycles. The molecule has 0 amide bonds. The molecule has 17 heteroatoms. The van der Waals surface area contributed by atoms with Gasteiger partial charge in [-0.15, -0.1) is 0 Å². The van der Waals surface area contributed by atoms with Crippen LogP contribution >= 0.6 is 0 Å². The molecule has 0 radical (unpaired) electrons. The normalized spacial score (nSPS) is 16.9. The van der Waals surface area contributed by atoms with Crippen LogP contribution in [0.3, 0.4) is 0 Å². The Morgan fingerprint density at radius 2 is 0.635 bits per heavy atom. The first-order valence-corrected chi connectivity index (χ1v) is 34.4. The number of ketones is 5. The summed E-state index contributed by atoms with van der Waals surface area (Å²) in [6.45, 7) is 15.8. The molecule has 6 aromatic rings. The van der Waals surface area contributed by atoms with Crippen molar-refractivity contribution in [2.75, 3.05) is 176 Å². The van der Waals surface area contributed by atoms with Gasteiger partial charge in [0, 0.05) is 90.1 Å². The molecule has 3 unspecified atom stereocenters. The first-order valence-electron chi connectivity index (χ1n) is 34.4. The van der Waals surface area contributed by atoms with Crippen molar-refractivity contribution in [3.8, 4) is 0 Å². The standard InChI is InChI=1S/C79H102N6O11/c1-10-77(80(4)5,74(88)66-25-31-69(32-26-66)83-38-45-91-46-39-83)51-60-15-13-59(14-16-60)37-44-94-54-63(55-95-57-72(86)64-21-17-61(18-22-64)52-78(11-2,81(6)7)75(89)67-27-33-70(34-28-67)84-40-47-92-48-41-84)56-96-58-73(87)65-23-19-62(20-24-65)53-79(12-3,82(8)9)76(90)68-29-35-71(36-30-68)85-42-49-93-50-43-85/h13-36,63H,10-12,37-58H2,1-9H3. The molecule has 514 valence electrons. The molecule has 3 aliphatic heterocycles. The van der Waals surface area contributed by atoms with E-state index in [1.807, 2.05) is 163 Å². The fourth-order valence-electron chi connectivity index (χ4n) is 13.7. The van der Waals surface area contributed by atoms with Crippen LogP contribution in [0.1, 0.15) is 114 Å². The molecule has 0 N–H and O–H groups in total. The van der Waals surface area contributed by atoms with Crippen molar-refractivity contribution >= 4 is 46.0 Å². The van der Waals surface area contributed by atoms with E-state index in [2.05, 4.69) is 50.8 Å². The fourth-order valence-corrected chi connectivity index (χ4v) is 13.7. The summed E-state index contributed by atoms with van der Waals surface area (Å²) in [4.78, 5) is 83.7. The maximum atomic E-state index is 14.4. The van der Waals surface area contributed by atoms with E-state index in [-0.39, 0.29) is 67.9 Å². The Morgan fingerprint density at radius 3 is 0.917 bits per heavy atom. The quantitative estimate of drug-likeness (QED) is 0.0270. The molecule has 0 aromatic heterocycles. The van der Waals surface area contributed by atoms with Gasteiger partial charge in [0.1, 0.15) is 13.2 Å². The number of Topliss-reactive ketones (excluding diaryl/α,β-unsaturated/α-hetero) is 5. The lowest BCUT2D eigenvalue weighted by Crippen LogP contribution is -2.52. The minimum Gasteiger partial charge on any atom is -0.381 e. The van der Waals surface area contributed by atoms with Crippen LogP contribution in [-0.4, -0.2) is 221 Å². The summed E-state index contributed by atoms with van der Waals surface area (Å²) in [5.74, 6) is -0.508. The second-order valence-electron chi connectivity index (χ2n) is 26.6. The Morgan fingerprint density at radius 1 is 0.375 bits per heavy atom. The number of hydrogen-bond donors (Lipinski definition) is 0. The summed E-state index contributed by atoms with van der Waals surface area (Å²) in [5, 5.41) is 0. The van der Waals surface area contributed by atoms with Crippen molar-refractivity contribution in [3.63, 3.8) is 0 Å². The van der Waals surface area contributed by atoms with E-state index in [9.17, 15) is 24.0 Å². The monoisotopic (exact) mass is 1310 g/mol. The number of morpholine rings is 3. The van der Waals surface area contributed by atoms with E-state index in [4.69, 9.17) is 28.4 Å². The molecule has 9 rings (SSSR count). The molecular weight excluding hydrogens is 1210 g/mol. The zero-order valence-electron chi connectivity index (χ0n) is 58.3. The van der Waals surface area contributed by atoms with Crippen LogP contribution in [-0.2, 0) is 54.1 Å². The van der Waals surface area contributed by atoms with Crippen LogP contribution in [0, 0.1) is 5.92 Å². The molecule has 0 bridgehead atoms. The zero-order valence-corrected chi connectivity index (χ0v) is 58.3. The number of likely N-dealkylation sites (N-methyl/N-ethyl adjacent to an activating group) is 3. The molecule has 0 saturated carbocycles. The van der Waals surface area contributed by atoms with E-state index in [1.165, 1.54) is 0 Å². The maximum Gasteiger partial charge on any atom is 0.188 e. The van der Waals surface area contributed by atoms with Gasteiger partial charge in [-0.2, -0.15) is 0 Å². The lowest BCUT2D eigenvalue weighted by atomic mass is 9.80. The van der Waals surface area contributed by atoms with Gasteiger partial charge < -0.3 is 43.1 Å². The van der Waals surface area contributed by atoms with Gasteiger partial charge in [-0.3, -0.25) is 38.7 Å². The highest BCUT2D eigenvalue weighted by atomic mass is 16.5. The number of ether oxygens (including phenoxy) is 6. The third-order valence-electron chi connectivity index (χ3n) is 20.2. The predicted octanol–water partition coefficient (Wildman–Crippen LogP) is 10.6. The average molecular weight is 1310 g/mol. The average Bonchev–Trinajstić information content (AvgIpc) is 0.816. The van der Waals surface area contributed by atoms with Crippen LogP contribution in [0.5, 0.6) is 0 Å². The van der Waals surface area contributed by atoms with Gasteiger partial charge in [-0.05, 0) is 182 Å². The van der Waals surface area contributed by atoms with Gasteiger partial charge in [0.15, 0.2) is 28.9 Å². The molecule has 3 fully saturated rings. The number of hydrogen-bond acceptors (Lipinski definition) is 17. The molecule has 0 spiro atoms. The Bertz CT molecular complexity index is 3300. The second-order valence-corrected chi connectivity index (χ2v) is 26.6. The van der Waals surface area contributed by atoms with Gasteiger partial charge in [-0.25, -0.2) is 0 Å². The van der Waals surface area contributed by atoms with Crippen molar-refractivity contribution in [3.05, 3.63) is 196 Å². The van der Waals surface area contributed by atoms with E-state index in [1.54, 1.807) is 24.3 Å². The van der Waals surface area contributed by atoms with Gasteiger partial charge >= 0.3 is 0 Å². The SMILES string of the molecule is CCC(Cc1ccc(CCOCC(COCC(=O)c2ccc(CC(CC)(C(=O)c3ccc(N4CCOCC4)cc3)N(C)C)cc2)COCC(=O)c2ccc(CC(CC)(C(=O)c3ccc(N4CCOCC4)cc3)N(C)C)cc2)cc1)(C(=O)c1ccc(N2CCOCC2)cc1)N(C)C. The summed E-state index contributed by atoms with van der Waals surface area (Å²) < 4.78 is 35.2. The van der Waals surface area contributed by atoms with Crippen molar-refractivity contribution in [1.82, 2.24) is 14.7 Å². The Labute approximate surface area is 569 Å². The number of anilines is 3. The highest BCUT2D eigenvalue weighted by molar-refractivity contribution is 6.05. The summed E-state index contributed by atoms with van der Waals surface area (Å²) >= 11 is 0. The van der Waals surface area contributed by atoms with Gasteiger partial charge in [0.2, 0.25) is 0 Å². The molecule has 0 aliphatic carbocycles. The second kappa shape index (κ2) is 34.8. The van der Waals surface area contributed by atoms with Crippen molar-refractivity contribution in [2.45, 2.75) is 82.3 Å². The number of carbonyl (C=O) groups excluding carboxylic acids is 5. The van der Waals surface area contributed by atoms with E-state index in [0.717, 1.165) is 78.6 Å². The lowest BCUT2D eigenvalue weighted by Gasteiger charge is -2.38. The van der Waals surface area contributed by atoms with Crippen molar-refractivity contribution in [2.24, 2.45) is 5.92 Å². The largest absolute Gasteiger partial charge is 0.381 e. The minimum absolute atomic E-state index is 0.0475. The van der Waals surface area contributed by atoms with Crippen LogP contribution in [0.25, 0.3) is 0 Å². The van der Waals surface area contributed by atoms with E-state index < -0.39 is 16.6 Å². The highest BCUT2D eigenvalue weighted by Gasteiger charge is 2.42. The molecule has 17 nitrogen and oxygen atoms in total. The molecule has 6 aromatic carbocycles. The minimum atomic E-state index is -0.807. The summed E-state index contributed by atoms with van der Waals surface area (Å²) in [6, 6.07) is 47.1. The molecular formula is C79H102N6O11. The van der Waals surface area contributed by atoms with E-state index >= 15 is 0 Å². The number of rotatable bonds is 36. The van der Waals surface area contributed by atoms with Crippen LogP contribution in [0.15, 0.2) is 146 Å². The smallest absolute Gasteiger partial charge is 0.188 e. The van der Waals surface area contributed by atoms with Gasteiger partial charge in [0.25, 0.3) is 0 Å². The number of nitrogens with zero attached hydrogens (tertiary/aromatic N) is 6. The van der Waals surface area contributed by atoms with Crippen LogP contribution in [0.4, 0.5) is 17.1 Å². The number of carbonyl (C=O) groups is 5. The third-order valence-corrected chi connectivity index (χ3v) is 20.2. The van der Waals surface area contributed by atoms with Crippen molar-refractivity contribution < 1.29 is 52.4 Å². The summed E-state index contributed by atoms with van der Waals surface area (Å²) in [6.07, 6.45) is 3.92. The summed E-state index contributed by atoms with van der Waals surface area (Å²) in [7, 11) is 11.8. The van der Waals surface area contributed by atoms with Gasteiger partial charge in [-0.1, -0.05) is 93.6 Å². The number of benzene rings is 6. The Kier molecular flexibility index (Phi) is 26.4. The first kappa shape index (κ1) is 73.0. The Hall–Kier alpha value is -7.29. The lowest BCUT2D eigenvalue weighted by molar-refractivity contribution is -0.000883. The Balaban J connectivity index is 0.813. The fraction of sp³-hybridized carbons (Fsp3) is 0.481. The molecule has 3 atom stereocenters. The highest BCUT2D eigenvalue weighted by Crippen LogP contribution is 2.33. The third kappa shape index (κ3) is 18.1. The van der Waals surface area contributed by atoms with Crippen LogP contribution < -0.4 is 14.7 Å². The molecule has 3 aliphatic rings. The maximum absolute atomic E-state index is 14.4. The topological polar surface area (TPSA) is 160 Å². The van der Waals surface area contributed by atoms with Crippen molar-refractivity contribution in [1.29, 1.82) is 0 Å². The molecule has 3 saturated heterocycles. The first-order chi connectivity index (χ1) is 46.4. The summed E-state index contributed by atoms with van der Waals surface area (Å²) in [5.41, 5.74) is 7.91.